The van der Waals surface area contributed by atoms with Crippen LogP contribution in [0.25, 0.3) is 0 Å². The smallest absolute Gasteiger partial charge is 0.127 e. The first-order valence-corrected chi connectivity index (χ1v) is 7.36. The molecule has 1 aromatic rings. The van der Waals surface area contributed by atoms with E-state index in [0.717, 1.165) is 29.3 Å². The van der Waals surface area contributed by atoms with Gasteiger partial charge >= 0.3 is 0 Å². The lowest BCUT2D eigenvalue weighted by Gasteiger charge is -2.39. The van der Waals surface area contributed by atoms with Crippen molar-refractivity contribution in [2.45, 2.75) is 45.6 Å². The lowest BCUT2D eigenvalue weighted by Crippen LogP contribution is -2.40. The Balaban J connectivity index is 2.12. The van der Waals surface area contributed by atoms with E-state index < -0.39 is 0 Å². The molecule has 0 amide bonds. The summed E-state index contributed by atoms with van der Waals surface area (Å²) in [4.78, 5) is 0. The minimum atomic E-state index is -0.125. The van der Waals surface area contributed by atoms with Crippen LogP contribution in [0.2, 0.25) is 0 Å². The number of hydrogen-bond acceptors (Lipinski definition) is 1. The van der Waals surface area contributed by atoms with Crippen LogP contribution in [0.1, 0.15) is 38.7 Å². The molecule has 1 nitrogen and oxygen atoms in total. The van der Waals surface area contributed by atoms with Gasteiger partial charge in [0.15, 0.2) is 0 Å². The summed E-state index contributed by atoms with van der Waals surface area (Å²) in [5.74, 6) is 0.268. The van der Waals surface area contributed by atoms with Crippen LogP contribution in [0.5, 0.6) is 0 Å². The van der Waals surface area contributed by atoms with Crippen molar-refractivity contribution >= 4 is 15.9 Å². The van der Waals surface area contributed by atoms with Gasteiger partial charge in [-0.15, -0.1) is 0 Å². The van der Waals surface area contributed by atoms with Gasteiger partial charge < -0.3 is 5.73 Å². The van der Waals surface area contributed by atoms with Crippen LogP contribution in [0.4, 0.5) is 4.39 Å². The molecule has 0 saturated heterocycles. The second kappa shape index (κ2) is 5.30. The van der Waals surface area contributed by atoms with Crippen LogP contribution in [-0.2, 0) is 6.42 Å². The minimum Gasteiger partial charge on any atom is -0.327 e. The van der Waals surface area contributed by atoms with E-state index in [9.17, 15) is 4.39 Å². The number of halogens is 2. The van der Waals surface area contributed by atoms with Gasteiger partial charge in [-0.2, -0.15) is 0 Å². The van der Waals surface area contributed by atoms with Crippen molar-refractivity contribution in [2.75, 3.05) is 0 Å². The first-order valence-electron chi connectivity index (χ1n) is 6.57. The van der Waals surface area contributed by atoms with E-state index in [4.69, 9.17) is 5.73 Å². The Morgan fingerprint density at radius 1 is 1.44 bits per heavy atom. The Bertz CT molecular complexity index is 431. The van der Waals surface area contributed by atoms with Crippen molar-refractivity contribution in [2.24, 2.45) is 17.1 Å². The Kier molecular flexibility index (Phi) is 4.12. The lowest BCUT2D eigenvalue weighted by molar-refractivity contribution is 0.156. The summed E-state index contributed by atoms with van der Waals surface area (Å²) in [6.45, 7) is 4.56. The summed E-state index contributed by atoms with van der Waals surface area (Å²) in [6.07, 6.45) is 4.07. The Hall–Kier alpha value is -0.410. The molecule has 2 N–H and O–H groups in total. The van der Waals surface area contributed by atoms with Crippen LogP contribution in [0.3, 0.4) is 0 Å². The van der Waals surface area contributed by atoms with Gasteiger partial charge in [0, 0.05) is 10.5 Å². The molecule has 2 atom stereocenters. The first kappa shape index (κ1) is 14.0. The van der Waals surface area contributed by atoms with Crippen LogP contribution >= 0.6 is 15.9 Å². The van der Waals surface area contributed by atoms with Gasteiger partial charge in [0.05, 0.1) is 0 Å². The van der Waals surface area contributed by atoms with Gasteiger partial charge in [-0.3, -0.25) is 0 Å². The fourth-order valence-corrected chi connectivity index (χ4v) is 3.28. The van der Waals surface area contributed by atoms with E-state index in [-0.39, 0.29) is 11.9 Å². The summed E-state index contributed by atoms with van der Waals surface area (Å²) in [5, 5.41) is 0. The van der Waals surface area contributed by atoms with E-state index in [1.807, 2.05) is 12.1 Å². The molecule has 3 heteroatoms. The second-order valence-corrected chi connectivity index (χ2v) is 7.19. The number of hydrogen-bond donors (Lipinski definition) is 1. The van der Waals surface area contributed by atoms with E-state index in [0.29, 0.717) is 11.3 Å². The SMILES string of the molecule is CC1(C)CCC(N)C(Cc2ccc(Br)cc2F)C1. The Labute approximate surface area is 117 Å². The van der Waals surface area contributed by atoms with E-state index >= 15 is 0 Å². The van der Waals surface area contributed by atoms with Gasteiger partial charge in [0.2, 0.25) is 0 Å². The molecule has 1 fully saturated rings. The molecule has 0 radical (unpaired) electrons. The molecule has 2 unspecified atom stereocenters. The zero-order chi connectivity index (χ0) is 13.3. The molecule has 0 aromatic heterocycles. The maximum atomic E-state index is 13.9. The normalized spacial score (nSPS) is 27.2. The fourth-order valence-electron chi connectivity index (χ4n) is 2.95. The van der Waals surface area contributed by atoms with Gasteiger partial charge in [-0.1, -0.05) is 35.8 Å². The monoisotopic (exact) mass is 313 g/mol. The highest BCUT2D eigenvalue weighted by atomic mass is 79.9. The average molecular weight is 314 g/mol. The third-order valence-electron chi connectivity index (χ3n) is 4.07. The van der Waals surface area contributed by atoms with Crippen LogP contribution in [-0.4, -0.2) is 6.04 Å². The van der Waals surface area contributed by atoms with Gasteiger partial charge in [0.1, 0.15) is 5.82 Å². The summed E-state index contributed by atoms with van der Waals surface area (Å²) in [6, 6.07) is 5.52. The molecule has 100 valence electrons. The van der Waals surface area contributed by atoms with E-state index in [2.05, 4.69) is 29.8 Å². The number of nitrogens with two attached hydrogens (primary N) is 1. The second-order valence-electron chi connectivity index (χ2n) is 6.27. The molecule has 2 rings (SSSR count). The van der Waals surface area contributed by atoms with Crippen molar-refractivity contribution in [1.29, 1.82) is 0 Å². The van der Waals surface area contributed by atoms with Crippen LogP contribution < -0.4 is 5.73 Å². The highest BCUT2D eigenvalue weighted by Crippen LogP contribution is 2.39. The summed E-state index contributed by atoms with van der Waals surface area (Å²) in [7, 11) is 0. The third kappa shape index (κ3) is 3.33. The van der Waals surface area contributed by atoms with Crippen molar-refractivity contribution in [3.8, 4) is 0 Å². The van der Waals surface area contributed by atoms with Crippen molar-refractivity contribution in [1.82, 2.24) is 0 Å². The fraction of sp³-hybridized carbons (Fsp3) is 0.600. The summed E-state index contributed by atoms with van der Waals surface area (Å²) < 4.78 is 14.6. The molecule has 18 heavy (non-hydrogen) atoms. The van der Waals surface area contributed by atoms with Crippen molar-refractivity contribution < 1.29 is 4.39 Å². The molecule has 0 heterocycles. The summed E-state index contributed by atoms with van der Waals surface area (Å²) >= 11 is 3.29. The largest absolute Gasteiger partial charge is 0.327 e. The topological polar surface area (TPSA) is 26.0 Å². The van der Waals surface area contributed by atoms with Crippen molar-refractivity contribution in [3.63, 3.8) is 0 Å². The maximum Gasteiger partial charge on any atom is 0.127 e. The zero-order valence-electron chi connectivity index (χ0n) is 11.0. The number of benzene rings is 1. The molecule has 1 aliphatic rings. The predicted molar refractivity (Wildman–Crippen MR) is 76.9 cm³/mol. The molecule has 1 aliphatic carbocycles. The maximum absolute atomic E-state index is 13.9. The highest BCUT2D eigenvalue weighted by molar-refractivity contribution is 9.10. The average Bonchev–Trinajstić information content (AvgIpc) is 2.27. The molecular formula is C15H21BrFN. The van der Waals surface area contributed by atoms with Gasteiger partial charge in [-0.25, -0.2) is 4.39 Å². The number of rotatable bonds is 2. The van der Waals surface area contributed by atoms with E-state index in [1.54, 1.807) is 0 Å². The molecule has 0 aliphatic heterocycles. The molecule has 0 bridgehead atoms. The third-order valence-corrected chi connectivity index (χ3v) is 4.57. The Morgan fingerprint density at radius 2 is 2.17 bits per heavy atom. The van der Waals surface area contributed by atoms with Crippen LogP contribution in [0, 0.1) is 17.2 Å². The summed E-state index contributed by atoms with van der Waals surface area (Å²) in [5.41, 5.74) is 7.32. The highest BCUT2D eigenvalue weighted by Gasteiger charge is 2.33. The molecular weight excluding hydrogens is 293 g/mol. The molecule has 0 spiro atoms. The van der Waals surface area contributed by atoms with Gasteiger partial charge in [-0.05, 0) is 54.7 Å². The lowest BCUT2D eigenvalue weighted by atomic mass is 9.68. The predicted octanol–water partition coefficient (Wildman–Crippen LogP) is 4.28. The first-order chi connectivity index (χ1) is 8.37. The molecule has 1 aromatic carbocycles. The minimum absolute atomic E-state index is 0.125. The van der Waals surface area contributed by atoms with Crippen molar-refractivity contribution in [3.05, 3.63) is 34.1 Å². The van der Waals surface area contributed by atoms with E-state index in [1.165, 1.54) is 12.5 Å². The quantitative estimate of drug-likeness (QED) is 0.866. The molecule has 1 saturated carbocycles. The van der Waals surface area contributed by atoms with Gasteiger partial charge in [0.25, 0.3) is 0 Å². The zero-order valence-corrected chi connectivity index (χ0v) is 12.6. The standard InChI is InChI=1S/C15H21BrFN/c1-15(2)6-5-14(18)11(9-15)7-10-3-4-12(16)8-13(10)17/h3-4,8,11,14H,5-7,9,18H2,1-2H3. The Morgan fingerprint density at radius 3 is 2.83 bits per heavy atom. The van der Waals surface area contributed by atoms with Crippen LogP contribution in [0.15, 0.2) is 22.7 Å².